The molecule has 0 fully saturated rings. The first-order chi connectivity index (χ1) is 10.2. The van der Waals surface area contributed by atoms with Crippen LogP contribution in [0.3, 0.4) is 0 Å². The van der Waals surface area contributed by atoms with Gasteiger partial charge in [0.05, 0.1) is 11.3 Å². The van der Waals surface area contributed by atoms with Crippen LogP contribution in [-0.4, -0.2) is 49.9 Å². The predicted octanol–water partition coefficient (Wildman–Crippen LogP) is 0.459. The topological polar surface area (TPSA) is 104 Å². The van der Waals surface area contributed by atoms with E-state index in [1.165, 1.54) is 26.1 Å². The number of rotatable bonds is 7. The molecular weight excluding hydrogens is 308 g/mol. The zero-order chi connectivity index (χ0) is 16.9. The number of amides is 1. The summed E-state index contributed by atoms with van der Waals surface area (Å²) in [6.45, 7) is 3.40. The average molecular weight is 328 g/mol. The van der Waals surface area contributed by atoms with Gasteiger partial charge in [0.15, 0.2) is 0 Å². The Labute approximate surface area is 130 Å². The first-order valence-electron chi connectivity index (χ1n) is 6.76. The number of benzene rings is 1. The standard InChI is InChI=1S/C14H20N2O5S/c1-4-15-22(20,21)12-7-5-11(6-8-12)9-13(17)16(3)10(2)14(18)19/h5-8,10,15H,4,9H2,1-3H3,(H,18,19). The molecule has 0 radical (unpaired) electrons. The van der Waals surface area contributed by atoms with E-state index in [1.54, 1.807) is 19.1 Å². The van der Waals surface area contributed by atoms with Crippen LogP contribution in [-0.2, 0) is 26.0 Å². The van der Waals surface area contributed by atoms with Crippen molar-refractivity contribution in [2.75, 3.05) is 13.6 Å². The predicted molar refractivity (Wildman–Crippen MR) is 80.9 cm³/mol. The SMILES string of the molecule is CCNS(=O)(=O)c1ccc(CC(=O)N(C)C(C)C(=O)O)cc1. The van der Waals surface area contributed by atoms with Gasteiger partial charge >= 0.3 is 5.97 Å². The van der Waals surface area contributed by atoms with Gasteiger partial charge < -0.3 is 10.0 Å². The molecule has 7 nitrogen and oxygen atoms in total. The number of sulfonamides is 1. The van der Waals surface area contributed by atoms with Crippen molar-refractivity contribution in [2.24, 2.45) is 0 Å². The van der Waals surface area contributed by atoms with E-state index < -0.39 is 22.0 Å². The van der Waals surface area contributed by atoms with Gasteiger partial charge in [0, 0.05) is 13.6 Å². The average Bonchev–Trinajstić information content (AvgIpc) is 2.46. The highest BCUT2D eigenvalue weighted by Crippen LogP contribution is 2.12. The van der Waals surface area contributed by atoms with Crippen molar-refractivity contribution in [3.05, 3.63) is 29.8 Å². The van der Waals surface area contributed by atoms with Gasteiger partial charge in [-0.15, -0.1) is 0 Å². The number of carbonyl (C=O) groups excluding carboxylic acids is 1. The van der Waals surface area contributed by atoms with Gasteiger partial charge in [0.2, 0.25) is 15.9 Å². The number of carboxylic acids is 1. The third-order valence-corrected chi connectivity index (χ3v) is 4.82. The lowest BCUT2D eigenvalue weighted by atomic mass is 10.1. The van der Waals surface area contributed by atoms with Crippen LogP contribution in [0.1, 0.15) is 19.4 Å². The van der Waals surface area contributed by atoms with E-state index in [9.17, 15) is 18.0 Å². The Hall–Kier alpha value is -1.93. The molecule has 0 aliphatic rings. The van der Waals surface area contributed by atoms with Crippen molar-refractivity contribution in [1.82, 2.24) is 9.62 Å². The molecule has 0 aromatic heterocycles. The molecule has 1 amide bonds. The molecule has 0 heterocycles. The van der Waals surface area contributed by atoms with Crippen molar-refractivity contribution >= 4 is 21.9 Å². The zero-order valence-electron chi connectivity index (χ0n) is 12.7. The van der Waals surface area contributed by atoms with Crippen LogP contribution in [0.15, 0.2) is 29.2 Å². The van der Waals surface area contributed by atoms with Crippen LogP contribution in [0.5, 0.6) is 0 Å². The minimum atomic E-state index is -3.52. The Morgan fingerprint density at radius 2 is 1.82 bits per heavy atom. The molecule has 1 aromatic carbocycles. The summed E-state index contributed by atoms with van der Waals surface area (Å²) >= 11 is 0. The van der Waals surface area contributed by atoms with E-state index in [0.29, 0.717) is 12.1 Å². The number of aliphatic carboxylic acids is 1. The molecule has 0 aliphatic carbocycles. The van der Waals surface area contributed by atoms with E-state index in [4.69, 9.17) is 5.11 Å². The summed E-state index contributed by atoms with van der Waals surface area (Å²) in [5.41, 5.74) is 0.616. The van der Waals surface area contributed by atoms with Gasteiger partial charge in [0.25, 0.3) is 0 Å². The molecule has 22 heavy (non-hydrogen) atoms. The first-order valence-corrected chi connectivity index (χ1v) is 8.24. The quantitative estimate of drug-likeness (QED) is 0.757. The number of hydrogen-bond donors (Lipinski definition) is 2. The van der Waals surface area contributed by atoms with Crippen molar-refractivity contribution in [2.45, 2.75) is 31.2 Å². The lowest BCUT2D eigenvalue weighted by Gasteiger charge is -2.21. The van der Waals surface area contributed by atoms with Gasteiger partial charge in [-0.2, -0.15) is 0 Å². The third-order valence-electron chi connectivity index (χ3n) is 3.26. The Balaban J connectivity index is 2.80. The van der Waals surface area contributed by atoms with Crippen LogP contribution in [0.2, 0.25) is 0 Å². The van der Waals surface area contributed by atoms with Gasteiger partial charge in [0.1, 0.15) is 6.04 Å². The van der Waals surface area contributed by atoms with E-state index in [1.807, 2.05) is 0 Å². The molecule has 0 bridgehead atoms. The second-order valence-corrected chi connectivity index (χ2v) is 6.61. The molecule has 122 valence electrons. The fourth-order valence-electron chi connectivity index (χ4n) is 1.74. The summed E-state index contributed by atoms with van der Waals surface area (Å²) in [5.74, 6) is -1.43. The summed E-state index contributed by atoms with van der Waals surface area (Å²) < 4.78 is 25.9. The van der Waals surface area contributed by atoms with Crippen molar-refractivity contribution in [3.63, 3.8) is 0 Å². The van der Waals surface area contributed by atoms with Crippen LogP contribution >= 0.6 is 0 Å². The summed E-state index contributed by atoms with van der Waals surface area (Å²) in [6, 6.07) is 5.01. The largest absolute Gasteiger partial charge is 0.480 e. The first kappa shape index (κ1) is 18.1. The van der Waals surface area contributed by atoms with Crippen molar-refractivity contribution in [3.8, 4) is 0 Å². The van der Waals surface area contributed by atoms with E-state index in [0.717, 1.165) is 4.90 Å². The second kappa shape index (κ2) is 7.37. The van der Waals surface area contributed by atoms with E-state index in [-0.39, 0.29) is 17.2 Å². The minimum Gasteiger partial charge on any atom is -0.480 e. The highest BCUT2D eigenvalue weighted by Gasteiger charge is 2.21. The Morgan fingerprint density at radius 3 is 2.27 bits per heavy atom. The van der Waals surface area contributed by atoms with Crippen molar-refractivity contribution in [1.29, 1.82) is 0 Å². The maximum Gasteiger partial charge on any atom is 0.326 e. The van der Waals surface area contributed by atoms with Gasteiger partial charge in [-0.1, -0.05) is 19.1 Å². The lowest BCUT2D eigenvalue weighted by Crippen LogP contribution is -2.41. The van der Waals surface area contributed by atoms with Crippen LogP contribution < -0.4 is 4.72 Å². The molecule has 2 N–H and O–H groups in total. The molecule has 8 heteroatoms. The smallest absolute Gasteiger partial charge is 0.326 e. The molecule has 1 aromatic rings. The highest BCUT2D eigenvalue weighted by molar-refractivity contribution is 7.89. The minimum absolute atomic E-state index is 0.00958. The summed E-state index contributed by atoms with van der Waals surface area (Å²) in [6.07, 6.45) is 0.00958. The van der Waals surface area contributed by atoms with Crippen LogP contribution in [0, 0.1) is 0 Å². The molecular formula is C14H20N2O5S. The van der Waals surface area contributed by atoms with Crippen LogP contribution in [0.4, 0.5) is 0 Å². The molecule has 0 aliphatic heterocycles. The molecule has 0 spiro atoms. The van der Waals surface area contributed by atoms with E-state index >= 15 is 0 Å². The zero-order valence-corrected chi connectivity index (χ0v) is 13.6. The highest BCUT2D eigenvalue weighted by atomic mass is 32.2. The number of nitrogens with one attached hydrogen (secondary N) is 1. The summed E-state index contributed by atoms with van der Waals surface area (Å²) in [7, 11) is -2.10. The van der Waals surface area contributed by atoms with Crippen LogP contribution in [0.25, 0.3) is 0 Å². The second-order valence-electron chi connectivity index (χ2n) is 4.84. The Kier molecular flexibility index (Phi) is 6.07. The fourth-order valence-corrected chi connectivity index (χ4v) is 2.78. The number of carbonyl (C=O) groups is 2. The number of carboxylic acid groups (broad SMARTS) is 1. The van der Waals surface area contributed by atoms with Gasteiger partial charge in [-0.3, -0.25) is 4.79 Å². The maximum atomic E-state index is 12.0. The monoisotopic (exact) mass is 328 g/mol. The number of nitrogens with zero attached hydrogens (tertiary/aromatic N) is 1. The Bertz CT molecular complexity index is 640. The number of hydrogen-bond acceptors (Lipinski definition) is 4. The van der Waals surface area contributed by atoms with E-state index in [2.05, 4.69) is 4.72 Å². The molecule has 1 unspecified atom stereocenters. The number of likely N-dealkylation sites (N-methyl/N-ethyl adjacent to an activating group) is 1. The third kappa shape index (κ3) is 4.54. The summed E-state index contributed by atoms with van der Waals surface area (Å²) in [5, 5.41) is 8.88. The maximum absolute atomic E-state index is 12.0. The lowest BCUT2D eigenvalue weighted by molar-refractivity contribution is -0.147. The van der Waals surface area contributed by atoms with Gasteiger partial charge in [-0.05, 0) is 24.6 Å². The van der Waals surface area contributed by atoms with Crippen molar-refractivity contribution < 1.29 is 23.1 Å². The normalized spacial score (nSPS) is 12.7. The summed E-state index contributed by atoms with van der Waals surface area (Å²) in [4.78, 5) is 24.1. The molecule has 1 atom stereocenters. The molecule has 1 rings (SSSR count). The Morgan fingerprint density at radius 1 is 1.27 bits per heavy atom. The van der Waals surface area contributed by atoms with Gasteiger partial charge in [-0.25, -0.2) is 17.9 Å². The molecule has 0 saturated heterocycles. The fraction of sp³-hybridized carbons (Fsp3) is 0.429. The molecule has 0 saturated carbocycles.